The third kappa shape index (κ3) is 5.01. The predicted octanol–water partition coefficient (Wildman–Crippen LogP) is 3.83. The standard InChI is InChI=1S/C27H25N3O6S/c1-33-21-8-5-16(11-22(21)34-2)9-10-28-25(31)18-6-3-17(4-7-18)14-30-26(32)19-12-23-24(36-15-35-23)13-20(19)29-27(30)37/h3-8,11-13H,9-10,14-15H2,1-2H3,(H,28,31)(H,29,37). The Labute approximate surface area is 217 Å². The first-order valence-corrected chi connectivity index (χ1v) is 12.0. The second-order valence-electron chi connectivity index (χ2n) is 8.46. The second-order valence-corrected chi connectivity index (χ2v) is 8.85. The fourth-order valence-corrected chi connectivity index (χ4v) is 4.45. The van der Waals surface area contributed by atoms with E-state index in [1.165, 1.54) is 4.57 Å². The van der Waals surface area contributed by atoms with Crippen molar-refractivity contribution in [2.24, 2.45) is 0 Å². The zero-order valence-corrected chi connectivity index (χ0v) is 21.1. The van der Waals surface area contributed by atoms with Crippen LogP contribution in [-0.2, 0) is 13.0 Å². The molecule has 2 heterocycles. The number of carbonyl (C=O) groups is 1. The fraction of sp³-hybridized carbons (Fsp3) is 0.222. The molecule has 0 saturated heterocycles. The third-order valence-electron chi connectivity index (χ3n) is 6.18. The van der Waals surface area contributed by atoms with Gasteiger partial charge in [-0.05, 0) is 60.1 Å². The summed E-state index contributed by atoms with van der Waals surface area (Å²) in [4.78, 5) is 28.9. The summed E-state index contributed by atoms with van der Waals surface area (Å²) in [6.07, 6.45) is 0.646. The number of ether oxygens (including phenoxy) is 4. The third-order valence-corrected chi connectivity index (χ3v) is 6.50. The van der Waals surface area contributed by atoms with Gasteiger partial charge in [-0.1, -0.05) is 18.2 Å². The van der Waals surface area contributed by atoms with E-state index in [0.29, 0.717) is 57.2 Å². The maximum atomic E-state index is 13.1. The first-order chi connectivity index (χ1) is 18.0. The highest BCUT2D eigenvalue weighted by Gasteiger charge is 2.17. The van der Waals surface area contributed by atoms with Gasteiger partial charge >= 0.3 is 0 Å². The second kappa shape index (κ2) is 10.4. The molecule has 0 unspecified atom stereocenters. The van der Waals surface area contributed by atoms with Gasteiger partial charge in [0.1, 0.15) is 0 Å². The van der Waals surface area contributed by atoms with E-state index in [4.69, 9.17) is 31.2 Å². The molecule has 0 spiro atoms. The number of aromatic nitrogens is 2. The van der Waals surface area contributed by atoms with Crippen LogP contribution in [-0.4, -0.2) is 43.0 Å². The highest BCUT2D eigenvalue weighted by Crippen LogP contribution is 2.34. The predicted molar refractivity (Wildman–Crippen MR) is 141 cm³/mol. The minimum Gasteiger partial charge on any atom is -0.493 e. The Kier molecular flexibility index (Phi) is 6.82. The lowest BCUT2D eigenvalue weighted by atomic mass is 10.1. The summed E-state index contributed by atoms with van der Waals surface area (Å²) in [5.41, 5.74) is 2.75. The SMILES string of the molecule is COc1ccc(CCNC(=O)c2ccc(Cn3c(=S)[nH]c4cc5c(cc4c3=O)OCO5)cc2)cc1OC. The summed E-state index contributed by atoms with van der Waals surface area (Å²) in [6.45, 7) is 0.854. The normalized spacial score (nSPS) is 11.9. The van der Waals surface area contributed by atoms with Crippen molar-refractivity contribution in [1.82, 2.24) is 14.9 Å². The van der Waals surface area contributed by atoms with Crippen molar-refractivity contribution in [2.75, 3.05) is 27.6 Å². The maximum absolute atomic E-state index is 13.1. The molecule has 5 rings (SSSR count). The number of methoxy groups -OCH3 is 2. The highest BCUT2D eigenvalue weighted by molar-refractivity contribution is 7.71. The molecule has 0 atom stereocenters. The Balaban J connectivity index is 1.24. The van der Waals surface area contributed by atoms with Gasteiger partial charge in [-0.25, -0.2) is 0 Å². The number of nitrogens with one attached hydrogen (secondary N) is 2. The van der Waals surface area contributed by atoms with Crippen LogP contribution in [0.4, 0.5) is 0 Å². The van der Waals surface area contributed by atoms with Gasteiger partial charge in [-0.3, -0.25) is 14.2 Å². The van der Waals surface area contributed by atoms with Crippen LogP contribution in [0, 0.1) is 4.77 Å². The molecule has 10 heteroatoms. The Morgan fingerprint density at radius 3 is 2.43 bits per heavy atom. The number of H-pyrrole nitrogens is 1. The molecule has 1 aliphatic heterocycles. The molecule has 1 aromatic heterocycles. The van der Waals surface area contributed by atoms with E-state index in [0.717, 1.165) is 11.1 Å². The number of hydrogen-bond acceptors (Lipinski definition) is 7. The molecule has 1 aliphatic rings. The van der Waals surface area contributed by atoms with Crippen molar-refractivity contribution in [2.45, 2.75) is 13.0 Å². The fourth-order valence-electron chi connectivity index (χ4n) is 4.19. The molecule has 0 aliphatic carbocycles. The van der Waals surface area contributed by atoms with Crippen molar-refractivity contribution < 1.29 is 23.7 Å². The minimum absolute atomic E-state index is 0.122. The van der Waals surface area contributed by atoms with E-state index in [2.05, 4.69) is 10.3 Å². The van der Waals surface area contributed by atoms with Gasteiger partial charge < -0.3 is 29.2 Å². The topological polar surface area (TPSA) is 104 Å². The van der Waals surface area contributed by atoms with Crippen LogP contribution in [0.15, 0.2) is 59.4 Å². The van der Waals surface area contributed by atoms with Crippen molar-refractivity contribution >= 4 is 29.0 Å². The van der Waals surface area contributed by atoms with E-state index in [9.17, 15) is 9.59 Å². The van der Waals surface area contributed by atoms with Crippen LogP contribution < -0.4 is 29.8 Å². The number of nitrogens with zero attached hydrogens (tertiary/aromatic N) is 1. The van der Waals surface area contributed by atoms with Crippen LogP contribution in [0.25, 0.3) is 10.9 Å². The molecule has 3 aromatic carbocycles. The van der Waals surface area contributed by atoms with Crippen molar-refractivity contribution in [3.63, 3.8) is 0 Å². The van der Waals surface area contributed by atoms with E-state index in [-0.39, 0.29) is 24.8 Å². The van der Waals surface area contributed by atoms with Crippen LogP contribution in [0.3, 0.4) is 0 Å². The molecule has 0 saturated carbocycles. The van der Waals surface area contributed by atoms with Crippen LogP contribution in [0.2, 0.25) is 0 Å². The van der Waals surface area contributed by atoms with E-state index >= 15 is 0 Å². The smallest absolute Gasteiger partial charge is 0.262 e. The average molecular weight is 520 g/mol. The molecule has 37 heavy (non-hydrogen) atoms. The van der Waals surface area contributed by atoms with Gasteiger partial charge in [0.2, 0.25) is 6.79 Å². The monoisotopic (exact) mass is 519 g/mol. The van der Waals surface area contributed by atoms with Crippen LogP contribution in [0.5, 0.6) is 23.0 Å². The van der Waals surface area contributed by atoms with E-state index in [1.54, 1.807) is 38.5 Å². The van der Waals surface area contributed by atoms with Crippen molar-refractivity contribution in [1.29, 1.82) is 0 Å². The molecular formula is C27H25N3O6S. The lowest BCUT2D eigenvalue weighted by Gasteiger charge is -2.11. The molecule has 190 valence electrons. The number of rotatable bonds is 8. The number of carbonyl (C=O) groups excluding carboxylic acids is 1. The van der Waals surface area contributed by atoms with Gasteiger partial charge in [0.05, 0.1) is 31.7 Å². The number of amides is 1. The number of fused-ring (bicyclic) bond motifs is 2. The van der Waals surface area contributed by atoms with Gasteiger partial charge in [0.25, 0.3) is 11.5 Å². The number of benzene rings is 3. The largest absolute Gasteiger partial charge is 0.493 e. The minimum atomic E-state index is -0.228. The lowest BCUT2D eigenvalue weighted by molar-refractivity contribution is 0.0954. The van der Waals surface area contributed by atoms with Gasteiger partial charge in [-0.2, -0.15) is 0 Å². The zero-order valence-electron chi connectivity index (χ0n) is 20.3. The zero-order chi connectivity index (χ0) is 25.9. The van der Waals surface area contributed by atoms with Gasteiger partial charge in [0, 0.05) is 18.2 Å². The van der Waals surface area contributed by atoms with Crippen LogP contribution in [0.1, 0.15) is 21.5 Å². The number of aromatic amines is 1. The molecule has 0 fully saturated rings. The molecule has 4 aromatic rings. The maximum Gasteiger partial charge on any atom is 0.262 e. The average Bonchev–Trinajstić information content (AvgIpc) is 3.37. The molecule has 0 bridgehead atoms. The van der Waals surface area contributed by atoms with E-state index < -0.39 is 0 Å². The highest BCUT2D eigenvalue weighted by atomic mass is 32.1. The summed E-state index contributed by atoms with van der Waals surface area (Å²) in [5.74, 6) is 2.24. The van der Waals surface area contributed by atoms with Gasteiger partial charge in [0.15, 0.2) is 27.8 Å². The summed E-state index contributed by atoms with van der Waals surface area (Å²) in [5, 5.41) is 3.39. The first kappa shape index (κ1) is 24.4. The van der Waals surface area contributed by atoms with Crippen LogP contribution >= 0.6 is 12.2 Å². The Hall–Kier alpha value is -4.31. The molecule has 0 radical (unpaired) electrons. The number of hydrogen-bond donors (Lipinski definition) is 2. The lowest BCUT2D eigenvalue weighted by Crippen LogP contribution is -2.26. The molecule has 2 N–H and O–H groups in total. The molecule has 1 amide bonds. The summed E-state index contributed by atoms with van der Waals surface area (Å²) >= 11 is 5.44. The summed E-state index contributed by atoms with van der Waals surface area (Å²) in [7, 11) is 3.18. The van der Waals surface area contributed by atoms with Crippen molar-refractivity contribution in [3.8, 4) is 23.0 Å². The Bertz CT molecular complexity index is 1590. The Morgan fingerprint density at radius 1 is 1.00 bits per heavy atom. The van der Waals surface area contributed by atoms with Crippen molar-refractivity contribution in [3.05, 3.63) is 86.4 Å². The molecular weight excluding hydrogens is 494 g/mol. The summed E-state index contributed by atoms with van der Waals surface area (Å²) < 4.78 is 23.1. The van der Waals surface area contributed by atoms with E-state index in [1.807, 2.05) is 30.3 Å². The Morgan fingerprint density at radius 2 is 1.70 bits per heavy atom. The summed E-state index contributed by atoms with van der Waals surface area (Å²) in [6, 6.07) is 16.2. The first-order valence-electron chi connectivity index (χ1n) is 11.6. The quantitative estimate of drug-likeness (QED) is 0.341. The molecule has 9 nitrogen and oxygen atoms in total. The van der Waals surface area contributed by atoms with Gasteiger partial charge in [-0.15, -0.1) is 0 Å².